The number of alkyl halides is 3. The van der Waals surface area contributed by atoms with Crippen molar-refractivity contribution in [2.45, 2.75) is 44.0 Å². The fourth-order valence-corrected chi connectivity index (χ4v) is 3.81. The molecule has 1 aliphatic rings. The highest BCUT2D eigenvalue weighted by Crippen LogP contribution is 2.40. The van der Waals surface area contributed by atoms with E-state index in [1.165, 1.54) is 41.3 Å². The van der Waals surface area contributed by atoms with Crippen molar-refractivity contribution < 1.29 is 36.6 Å². The highest BCUT2D eigenvalue weighted by Gasteiger charge is 2.43. The van der Waals surface area contributed by atoms with Crippen LogP contribution in [0.5, 0.6) is 5.75 Å². The predicted octanol–water partition coefficient (Wildman–Crippen LogP) is 4.83. The average Bonchev–Trinajstić information content (AvgIpc) is 2.76. The first-order chi connectivity index (χ1) is 15.5. The second-order valence-electron chi connectivity index (χ2n) is 7.93. The SMILES string of the molecule is C[C@@H](c1ccc(OCC(F)(F)F)cc1)N1CC[C@@](CCC(N)=O)(c2ccc(F)cc2)OC1=O. The molecule has 3 rings (SSSR count). The van der Waals surface area contributed by atoms with E-state index in [0.29, 0.717) is 17.5 Å². The van der Waals surface area contributed by atoms with Gasteiger partial charge >= 0.3 is 12.3 Å². The van der Waals surface area contributed by atoms with Gasteiger partial charge in [-0.05, 0) is 42.3 Å². The molecule has 6 nitrogen and oxygen atoms in total. The van der Waals surface area contributed by atoms with Crippen molar-refractivity contribution in [1.29, 1.82) is 0 Å². The van der Waals surface area contributed by atoms with Gasteiger partial charge in [-0.15, -0.1) is 0 Å². The molecule has 1 aliphatic heterocycles. The van der Waals surface area contributed by atoms with Crippen LogP contribution < -0.4 is 10.5 Å². The molecule has 178 valence electrons. The maximum Gasteiger partial charge on any atom is 0.422 e. The molecule has 0 spiro atoms. The number of halogens is 4. The Bertz CT molecular complexity index is 979. The topological polar surface area (TPSA) is 81.9 Å². The number of carbonyl (C=O) groups is 2. The monoisotopic (exact) mass is 468 g/mol. The summed E-state index contributed by atoms with van der Waals surface area (Å²) < 4.78 is 60.9. The van der Waals surface area contributed by atoms with Crippen LogP contribution in [-0.2, 0) is 15.1 Å². The molecule has 0 aliphatic carbocycles. The van der Waals surface area contributed by atoms with E-state index >= 15 is 0 Å². The summed E-state index contributed by atoms with van der Waals surface area (Å²) in [6.45, 7) is 0.653. The van der Waals surface area contributed by atoms with Gasteiger partial charge in [0.25, 0.3) is 0 Å². The van der Waals surface area contributed by atoms with Gasteiger partial charge in [0.05, 0.1) is 6.04 Å². The molecular formula is C23H24F4N2O4. The Morgan fingerprint density at radius 2 is 1.82 bits per heavy atom. The summed E-state index contributed by atoms with van der Waals surface area (Å²) in [6.07, 6.45) is -4.57. The Labute approximate surface area is 188 Å². The van der Waals surface area contributed by atoms with Gasteiger partial charge in [-0.2, -0.15) is 13.2 Å². The fraction of sp³-hybridized carbons (Fsp3) is 0.391. The van der Waals surface area contributed by atoms with Crippen LogP contribution in [0.3, 0.4) is 0 Å². The van der Waals surface area contributed by atoms with Crippen LogP contribution in [0.15, 0.2) is 48.5 Å². The molecule has 2 aromatic rings. The highest BCUT2D eigenvalue weighted by molar-refractivity contribution is 5.74. The Hall–Kier alpha value is -3.30. The van der Waals surface area contributed by atoms with Gasteiger partial charge in [-0.3, -0.25) is 4.79 Å². The van der Waals surface area contributed by atoms with Crippen molar-refractivity contribution in [2.75, 3.05) is 13.2 Å². The summed E-state index contributed by atoms with van der Waals surface area (Å²) in [6, 6.07) is 11.1. The van der Waals surface area contributed by atoms with Crippen LogP contribution in [0.2, 0.25) is 0 Å². The maximum atomic E-state index is 13.4. The average molecular weight is 468 g/mol. The summed E-state index contributed by atoms with van der Waals surface area (Å²) >= 11 is 0. The normalized spacial score (nSPS) is 19.7. The minimum Gasteiger partial charge on any atom is -0.484 e. The highest BCUT2D eigenvalue weighted by atomic mass is 19.4. The van der Waals surface area contributed by atoms with E-state index in [2.05, 4.69) is 0 Å². The molecule has 1 saturated heterocycles. The van der Waals surface area contributed by atoms with E-state index in [9.17, 15) is 27.2 Å². The molecule has 1 fully saturated rings. The summed E-state index contributed by atoms with van der Waals surface area (Å²) in [4.78, 5) is 25.8. The molecule has 0 bridgehead atoms. The first kappa shape index (κ1) is 24.3. The van der Waals surface area contributed by atoms with Gasteiger partial charge in [-0.25, -0.2) is 9.18 Å². The molecule has 2 atom stereocenters. The number of hydrogen-bond acceptors (Lipinski definition) is 4. The molecular weight excluding hydrogens is 444 g/mol. The largest absolute Gasteiger partial charge is 0.484 e. The number of nitrogens with zero attached hydrogens (tertiary/aromatic N) is 1. The summed E-state index contributed by atoms with van der Waals surface area (Å²) in [5, 5.41) is 0. The Morgan fingerprint density at radius 1 is 1.18 bits per heavy atom. The molecule has 2 aromatic carbocycles. The van der Waals surface area contributed by atoms with Crippen LogP contribution in [0.1, 0.15) is 43.4 Å². The number of primary amides is 1. The van der Waals surface area contributed by atoms with Gasteiger partial charge in [0, 0.05) is 25.8 Å². The third-order valence-corrected chi connectivity index (χ3v) is 5.65. The second kappa shape index (κ2) is 9.68. The van der Waals surface area contributed by atoms with Crippen molar-refractivity contribution in [3.8, 4) is 5.75 Å². The lowest BCUT2D eigenvalue weighted by molar-refractivity contribution is -0.153. The van der Waals surface area contributed by atoms with Crippen molar-refractivity contribution in [3.05, 3.63) is 65.5 Å². The Balaban J connectivity index is 1.73. The zero-order valence-corrected chi connectivity index (χ0v) is 17.9. The second-order valence-corrected chi connectivity index (χ2v) is 7.93. The van der Waals surface area contributed by atoms with E-state index in [4.69, 9.17) is 15.2 Å². The van der Waals surface area contributed by atoms with Crippen LogP contribution in [-0.4, -0.2) is 36.2 Å². The first-order valence-corrected chi connectivity index (χ1v) is 10.3. The van der Waals surface area contributed by atoms with Crippen LogP contribution in [0, 0.1) is 5.82 Å². The third-order valence-electron chi connectivity index (χ3n) is 5.65. The predicted molar refractivity (Wildman–Crippen MR) is 111 cm³/mol. The number of carbonyl (C=O) groups excluding carboxylic acids is 2. The Kier molecular flexibility index (Phi) is 7.14. The number of hydrogen-bond donors (Lipinski definition) is 1. The van der Waals surface area contributed by atoms with Gasteiger partial charge in [0.2, 0.25) is 5.91 Å². The van der Waals surface area contributed by atoms with Crippen LogP contribution in [0.25, 0.3) is 0 Å². The van der Waals surface area contributed by atoms with Gasteiger partial charge in [0.15, 0.2) is 6.61 Å². The molecule has 10 heteroatoms. The first-order valence-electron chi connectivity index (χ1n) is 10.3. The van der Waals surface area contributed by atoms with Gasteiger partial charge in [-0.1, -0.05) is 24.3 Å². The standard InChI is InChI=1S/C23H24F4N2O4/c1-15(16-2-8-19(9-3-16)32-14-23(25,26)27)29-13-12-22(33-21(29)31,11-10-20(28)30)17-4-6-18(24)7-5-17/h2-9,15H,10-14H2,1H3,(H2,28,30)/t15-,22-/m0/s1. The van der Waals surface area contributed by atoms with Crippen molar-refractivity contribution in [2.24, 2.45) is 5.73 Å². The molecule has 1 heterocycles. The minimum atomic E-state index is -4.44. The number of amides is 2. The van der Waals surface area contributed by atoms with Crippen molar-refractivity contribution in [1.82, 2.24) is 4.90 Å². The minimum absolute atomic E-state index is 0.0143. The smallest absolute Gasteiger partial charge is 0.422 e. The number of benzene rings is 2. The Morgan fingerprint density at radius 3 is 2.36 bits per heavy atom. The van der Waals surface area contributed by atoms with E-state index in [-0.39, 0.29) is 25.1 Å². The van der Waals surface area contributed by atoms with Gasteiger partial charge in [0.1, 0.15) is 17.2 Å². The number of ether oxygens (including phenoxy) is 2. The molecule has 0 unspecified atom stereocenters. The number of nitrogens with two attached hydrogens (primary N) is 1. The van der Waals surface area contributed by atoms with E-state index in [0.717, 1.165) is 0 Å². The lowest BCUT2D eigenvalue weighted by Crippen LogP contribution is -2.49. The maximum absolute atomic E-state index is 13.4. The third kappa shape index (κ3) is 6.15. The zero-order valence-electron chi connectivity index (χ0n) is 17.9. The summed E-state index contributed by atoms with van der Waals surface area (Å²) in [5.41, 5.74) is 5.42. The lowest BCUT2D eigenvalue weighted by atomic mass is 9.84. The molecule has 0 radical (unpaired) electrons. The molecule has 0 saturated carbocycles. The molecule has 0 aromatic heterocycles. The summed E-state index contributed by atoms with van der Waals surface area (Å²) in [5.74, 6) is -0.925. The van der Waals surface area contributed by atoms with Crippen LogP contribution in [0.4, 0.5) is 22.4 Å². The molecule has 2 amide bonds. The molecule has 2 N–H and O–H groups in total. The fourth-order valence-electron chi connectivity index (χ4n) is 3.81. The lowest BCUT2D eigenvalue weighted by Gasteiger charge is -2.43. The summed E-state index contributed by atoms with van der Waals surface area (Å²) in [7, 11) is 0. The van der Waals surface area contributed by atoms with Gasteiger partial charge < -0.3 is 20.1 Å². The van der Waals surface area contributed by atoms with Crippen LogP contribution >= 0.6 is 0 Å². The molecule has 33 heavy (non-hydrogen) atoms. The number of cyclic esters (lactones) is 1. The van der Waals surface area contributed by atoms with Crippen molar-refractivity contribution in [3.63, 3.8) is 0 Å². The van der Waals surface area contributed by atoms with E-state index in [1.807, 2.05) is 0 Å². The van der Waals surface area contributed by atoms with Crippen molar-refractivity contribution >= 4 is 12.0 Å². The quantitative estimate of drug-likeness (QED) is 0.563. The van der Waals surface area contributed by atoms with E-state index < -0.39 is 42.2 Å². The zero-order chi connectivity index (χ0) is 24.2. The van der Waals surface area contributed by atoms with E-state index in [1.54, 1.807) is 19.1 Å². The number of rotatable bonds is 8.